The van der Waals surface area contributed by atoms with Gasteiger partial charge in [-0.15, -0.1) is 0 Å². The number of carboxylic acids is 1. The summed E-state index contributed by atoms with van der Waals surface area (Å²) < 4.78 is 4.91. The van der Waals surface area contributed by atoms with Gasteiger partial charge in [-0.3, -0.25) is 4.79 Å². The summed E-state index contributed by atoms with van der Waals surface area (Å²) in [5, 5.41) is 11.1. The fraction of sp³-hybridized carbons (Fsp3) is 0.714. The molecule has 1 aliphatic rings. The molecule has 68 valence electrons. The van der Waals surface area contributed by atoms with Crippen molar-refractivity contribution >= 4 is 11.9 Å². The highest BCUT2D eigenvalue weighted by molar-refractivity contribution is 5.75. The summed E-state index contributed by atoms with van der Waals surface area (Å²) in [7, 11) is 0. The van der Waals surface area contributed by atoms with Crippen LogP contribution in [0.1, 0.15) is 13.3 Å². The Labute approximate surface area is 69.7 Å². The van der Waals surface area contributed by atoms with Crippen LogP contribution in [0.2, 0.25) is 0 Å². The van der Waals surface area contributed by atoms with Gasteiger partial charge in [-0.1, -0.05) is 0 Å². The first-order chi connectivity index (χ1) is 5.59. The van der Waals surface area contributed by atoms with Gasteiger partial charge >= 0.3 is 5.97 Å². The number of carboxylic acid groups (broad SMARTS) is 1. The van der Waals surface area contributed by atoms with Gasteiger partial charge in [0.1, 0.15) is 0 Å². The molecule has 2 N–H and O–H groups in total. The second-order valence-electron chi connectivity index (χ2n) is 2.79. The molecule has 12 heavy (non-hydrogen) atoms. The van der Waals surface area contributed by atoms with Crippen LogP contribution in [0.5, 0.6) is 0 Å². The molecule has 1 aliphatic heterocycles. The molecule has 5 nitrogen and oxygen atoms in total. The van der Waals surface area contributed by atoms with Crippen LogP contribution in [0.15, 0.2) is 0 Å². The van der Waals surface area contributed by atoms with E-state index >= 15 is 0 Å². The highest BCUT2D eigenvalue weighted by atomic mass is 16.5. The summed E-state index contributed by atoms with van der Waals surface area (Å²) in [6, 6.07) is -0.149. The third kappa shape index (κ3) is 2.20. The van der Waals surface area contributed by atoms with Crippen molar-refractivity contribution in [2.75, 3.05) is 6.61 Å². The minimum absolute atomic E-state index is 0.149. The first kappa shape index (κ1) is 8.99. The number of amides is 1. The standard InChI is InChI=1S/C7H11NO4/c1-4(9)8-5-2-6(7(10)11)12-3-5/h5-6H,2-3H2,1H3,(H,8,9)(H,10,11)/t5-,6-/m1/s1. The normalized spacial score (nSPS) is 28.4. The lowest BCUT2D eigenvalue weighted by Crippen LogP contribution is -2.33. The van der Waals surface area contributed by atoms with Crippen molar-refractivity contribution in [1.82, 2.24) is 5.32 Å². The molecular weight excluding hydrogens is 162 g/mol. The predicted molar refractivity (Wildman–Crippen MR) is 39.6 cm³/mol. The third-order valence-electron chi connectivity index (χ3n) is 1.68. The molecule has 1 rings (SSSR count). The molecule has 0 bridgehead atoms. The van der Waals surface area contributed by atoms with E-state index < -0.39 is 12.1 Å². The average molecular weight is 173 g/mol. The van der Waals surface area contributed by atoms with Crippen LogP contribution >= 0.6 is 0 Å². The molecule has 0 aromatic rings. The van der Waals surface area contributed by atoms with Crippen LogP contribution in [-0.2, 0) is 14.3 Å². The number of carbonyl (C=O) groups excluding carboxylic acids is 1. The molecule has 1 saturated heterocycles. The first-order valence-electron chi connectivity index (χ1n) is 3.71. The van der Waals surface area contributed by atoms with Gasteiger partial charge < -0.3 is 15.2 Å². The molecule has 0 radical (unpaired) electrons. The van der Waals surface area contributed by atoms with Gasteiger partial charge in [0.05, 0.1) is 12.6 Å². The monoisotopic (exact) mass is 173 g/mol. The number of ether oxygens (including phenoxy) is 1. The van der Waals surface area contributed by atoms with Gasteiger partial charge in [-0.05, 0) is 0 Å². The number of rotatable bonds is 2. The molecule has 0 spiro atoms. The Morgan fingerprint density at radius 3 is 2.67 bits per heavy atom. The van der Waals surface area contributed by atoms with E-state index in [0.717, 1.165) is 0 Å². The van der Waals surface area contributed by atoms with E-state index in [4.69, 9.17) is 9.84 Å². The lowest BCUT2D eigenvalue weighted by molar-refractivity contribution is -0.147. The highest BCUT2D eigenvalue weighted by Gasteiger charge is 2.30. The minimum Gasteiger partial charge on any atom is -0.479 e. The second kappa shape index (κ2) is 3.53. The fourth-order valence-electron chi connectivity index (χ4n) is 1.19. The van der Waals surface area contributed by atoms with E-state index in [1.807, 2.05) is 0 Å². The summed E-state index contributed by atoms with van der Waals surface area (Å²) in [6.07, 6.45) is -0.406. The zero-order valence-corrected chi connectivity index (χ0v) is 6.74. The molecule has 2 atom stereocenters. The van der Waals surface area contributed by atoms with Crippen molar-refractivity contribution in [2.45, 2.75) is 25.5 Å². The Balaban J connectivity index is 2.35. The topological polar surface area (TPSA) is 75.6 Å². The van der Waals surface area contributed by atoms with Gasteiger partial charge in [0, 0.05) is 13.3 Å². The van der Waals surface area contributed by atoms with Crippen molar-refractivity contribution in [3.8, 4) is 0 Å². The van der Waals surface area contributed by atoms with Crippen LogP contribution in [0.4, 0.5) is 0 Å². The summed E-state index contributed by atoms with van der Waals surface area (Å²) in [4.78, 5) is 21.0. The van der Waals surface area contributed by atoms with E-state index in [1.165, 1.54) is 6.92 Å². The molecule has 0 aromatic carbocycles. The molecule has 1 fully saturated rings. The molecule has 0 saturated carbocycles. The molecule has 1 amide bonds. The summed E-state index contributed by atoms with van der Waals surface area (Å²) >= 11 is 0. The Kier molecular flexibility index (Phi) is 2.65. The van der Waals surface area contributed by atoms with Crippen molar-refractivity contribution < 1.29 is 19.4 Å². The Hall–Kier alpha value is -1.10. The molecule has 0 aromatic heterocycles. The molecule has 0 aliphatic carbocycles. The molecule has 0 unspecified atom stereocenters. The fourth-order valence-corrected chi connectivity index (χ4v) is 1.19. The number of hydrogen-bond acceptors (Lipinski definition) is 3. The van der Waals surface area contributed by atoms with E-state index in [9.17, 15) is 9.59 Å². The van der Waals surface area contributed by atoms with E-state index in [1.54, 1.807) is 0 Å². The van der Waals surface area contributed by atoms with Crippen molar-refractivity contribution in [3.63, 3.8) is 0 Å². The van der Waals surface area contributed by atoms with E-state index in [0.29, 0.717) is 6.42 Å². The lowest BCUT2D eigenvalue weighted by atomic mass is 10.2. The third-order valence-corrected chi connectivity index (χ3v) is 1.68. The second-order valence-corrected chi connectivity index (χ2v) is 2.79. The van der Waals surface area contributed by atoms with Crippen LogP contribution in [0, 0.1) is 0 Å². The van der Waals surface area contributed by atoms with Crippen molar-refractivity contribution in [1.29, 1.82) is 0 Å². The molecule has 1 heterocycles. The van der Waals surface area contributed by atoms with Crippen LogP contribution in [0.3, 0.4) is 0 Å². The largest absolute Gasteiger partial charge is 0.479 e. The molecule has 5 heteroatoms. The van der Waals surface area contributed by atoms with E-state index in [2.05, 4.69) is 5.32 Å². The van der Waals surface area contributed by atoms with Gasteiger partial charge in [0.15, 0.2) is 6.10 Å². The van der Waals surface area contributed by atoms with Crippen LogP contribution < -0.4 is 5.32 Å². The molecular formula is C7H11NO4. The Morgan fingerprint density at radius 1 is 1.58 bits per heavy atom. The predicted octanol–water partition coefficient (Wildman–Crippen LogP) is -0.635. The van der Waals surface area contributed by atoms with Crippen molar-refractivity contribution in [2.24, 2.45) is 0 Å². The van der Waals surface area contributed by atoms with Crippen molar-refractivity contribution in [3.05, 3.63) is 0 Å². The smallest absolute Gasteiger partial charge is 0.332 e. The number of hydrogen-bond donors (Lipinski definition) is 2. The van der Waals surface area contributed by atoms with Gasteiger partial charge in [-0.2, -0.15) is 0 Å². The van der Waals surface area contributed by atoms with Crippen LogP contribution in [-0.4, -0.2) is 35.7 Å². The maximum Gasteiger partial charge on any atom is 0.332 e. The highest BCUT2D eigenvalue weighted by Crippen LogP contribution is 2.12. The average Bonchev–Trinajstić information content (AvgIpc) is 2.34. The van der Waals surface area contributed by atoms with E-state index in [-0.39, 0.29) is 18.6 Å². The Bertz CT molecular complexity index is 204. The number of aliphatic carboxylic acids is 1. The maximum atomic E-state index is 10.6. The first-order valence-corrected chi connectivity index (χ1v) is 3.71. The Morgan fingerprint density at radius 2 is 2.25 bits per heavy atom. The summed E-state index contributed by atoms with van der Waals surface area (Å²) in [6.45, 7) is 1.69. The quantitative estimate of drug-likeness (QED) is 0.582. The summed E-state index contributed by atoms with van der Waals surface area (Å²) in [5.41, 5.74) is 0. The van der Waals surface area contributed by atoms with Gasteiger partial charge in [-0.25, -0.2) is 4.79 Å². The number of nitrogens with one attached hydrogen (secondary N) is 1. The lowest BCUT2D eigenvalue weighted by Gasteiger charge is -2.06. The van der Waals surface area contributed by atoms with Gasteiger partial charge in [0.25, 0.3) is 0 Å². The maximum absolute atomic E-state index is 10.6. The zero-order chi connectivity index (χ0) is 9.14. The zero-order valence-electron chi connectivity index (χ0n) is 6.74. The SMILES string of the molecule is CC(=O)N[C@H]1CO[C@@H](C(=O)O)C1. The van der Waals surface area contributed by atoms with Crippen LogP contribution in [0.25, 0.3) is 0 Å². The summed E-state index contributed by atoms with van der Waals surface area (Å²) in [5.74, 6) is -1.13. The van der Waals surface area contributed by atoms with Gasteiger partial charge in [0.2, 0.25) is 5.91 Å². The number of carbonyl (C=O) groups is 2. The minimum atomic E-state index is -0.970.